The van der Waals surface area contributed by atoms with E-state index in [1.54, 1.807) is 19.6 Å². The Morgan fingerprint density at radius 1 is 1.24 bits per heavy atom. The van der Waals surface area contributed by atoms with Crippen molar-refractivity contribution in [2.75, 3.05) is 6.54 Å². The number of aromatic nitrogens is 5. The van der Waals surface area contributed by atoms with Gasteiger partial charge in [0.2, 0.25) is 0 Å². The SMILES string of the molecule is Cn1c(=O)c2c(ncn2CN2CCCC2c2cccnc2)n(C)c1=O. The van der Waals surface area contributed by atoms with Gasteiger partial charge in [0.25, 0.3) is 5.56 Å². The quantitative estimate of drug-likeness (QED) is 0.699. The van der Waals surface area contributed by atoms with Crippen LogP contribution in [0, 0.1) is 0 Å². The molecule has 3 aromatic rings. The van der Waals surface area contributed by atoms with Crippen LogP contribution in [0.25, 0.3) is 11.2 Å². The molecule has 1 atom stereocenters. The van der Waals surface area contributed by atoms with E-state index in [1.807, 2.05) is 16.8 Å². The molecular formula is C17H20N6O2. The van der Waals surface area contributed by atoms with Crippen LogP contribution in [0.15, 0.2) is 40.4 Å². The van der Waals surface area contributed by atoms with E-state index in [0.29, 0.717) is 17.8 Å². The van der Waals surface area contributed by atoms with Crippen molar-refractivity contribution < 1.29 is 0 Å². The standard InChI is InChI=1S/C17H20N6O2/c1-20-15-14(16(24)21(2)17(20)25)23(10-19-15)11-22-8-4-6-13(22)12-5-3-7-18-9-12/h3,5,7,9-10,13H,4,6,8,11H2,1-2H3. The van der Waals surface area contributed by atoms with Gasteiger partial charge in [-0.1, -0.05) is 6.07 Å². The van der Waals surface area contributed by atoms with Crippen molar-refractivity contribution in [1.82, 2.24) is 28.6 Å². The van der Waals surface area contributed by atoms with Crippen molar-refractivity contribution in [2.45, 2.75) is 25.6 Å². The number of fused-ring (bicyclic) bond motifs is 1. The van der Waals surface area contributed by atoms with Crippen molar-refractivity contribution >= 4 is 11.2 Å². The zero-order valence-electron chi connectivity index (χ0n) is 14.3. The third kappa shape index (κ3) is 2.49. The molecule has 1 aliphatic rings. The number of likely N-dealkylation sites (tertiary alicyclic amines) is 1. The first-order valence-corrected chi connectivity index (χ1v) is 8.32. The van der Waals surface area contributed by atoms with E-state index in [0.717, 1.165) is 24.0 Å². The van der Waals surface area contributed by atoms with Gasteiger partial charge < -0.3 is 4.57 Å². The van der Waals surface area contributed by atoms with Gasteiger partial charge in [0.05, 0.1) is 13.0 Å². The zero-order valence-corrected chi connectivity index (χ0v) is 14.3. The van der Waals surface area contributed by atoms with Crippen LogP contribution in [-0.4, -0.2) is 35.1 Å². The van der Waals surface area contributed by atoms with E-state index in [1.165, 1.54) is 17.2 Å². The fourth-order valence-corrected chi connectivity index (χ4v) is 3.65. The lowest BCUT2D eigenvalue weighted by Gasteiger charge is -2.25. The largest absolute Gasteiger partial charge is 0.332 e. The van der Waals surface area contributed by atoms with Gasteiger partial charge in [-0.3, -0.25) is 23.8 Å². The van der Waals surface area contributed by atoms with E-state index in [2.05, 4.69) is 20.9 Å². The number of imidazole rings is 1. The summed E-state index contributed by atoms with van der Waals surface area (Å²) in [5, 5.41) is 0. The smallest absolute Gasteiger partial charge is 0.311 e. The maximum Gasteiger partial charge on any atom is 0.332 e. The first-order valence-electron chi connectivity index (χ1n) is 8.32. The van der Waals surface area contributed by atoms with Crippen molar-refractivity contribution in [3.05, 3.63) is 57.3 Å². The van der Waals surface area contributed by atoms with Crippen molar-refractivity contribution in [3.8, 4) is 0 Å². The van der Waals surface area contributed by atoms with Crippen molar-refractivity contribution in [2.24, 2.45) is 14.1 Å². The summed E-state index contributed by atoms with van der Waals surface area (Å²) in [5.41, 5.74) is 1.39. The molecule has 8 heteroatoms. The normalized spacial score (nSPS) is 18.2. The first-order chi connectivity index (χ1) is 12.1. The topological polar surface area (TPSA) is 78.0 Å². The van der Waals surface area contributed by atoms with E-state index >= 15 is 0 Å². The Kier molecular flexibility index (Phi) is 3.76. The maximum atomic E-state index is 12.6. The number of nitrogens with zero attached hydrogens (tertiary/aromatic N) is 6. The second-order valence-corrected chi connectivity index (χ2v) is 6.49. The summed E-state index contributed by atoms with van der Waals surface area (Å²) in [5.74, 6) is 0. The van der Waals surface area contributed by atoms with Crippen LogP contribution in [0.1, 0.15) is 24.4 Å². The number of hydrogen-bond donors (Lipinski definition) is 0. The monoisotopic (exact) mass is 340 g/mol. The van der Waals surface area contributed by atoms with Crippen molar-refractivity contribution in [3.63, 3.8) is 0 Å². The molecule has 1 saturated heterocycles. The summed E-state index contributed by atoms with van der Waals surface area (Å²) in [4.78, 5) is 35.5. The molecule has 1 aliphatic heterocycles. The lowest BCUT2D eigenvalue weighted by molar-refractivity contribution is 0.204. The average molecular weight is 340 g/mol. The minimum Gasteiger partial charge on any atom is -0.311 e. The molecule has 0 bridgehead atoms. The van der Waals surface area contributed by atoms with Crippen LogP contribution in [0.2, 0.25) is 0 Å². The summed E-state index contributed by atoms with van der Waals surface area (Å²) in [6, 6.07) is 4.32. The third-order valence-electron chi connectivity index (χ3n) is 4.98. The van der Waals surface area contributed by atoms with Gasteiger partial charge in [-0.25, -0.2) is 9.78 Å². The highest BCUT2D eigenvalue weighted by molar-refractivity contribution is 5.69. The number of rotatable bonds is 3. The van der Waals surface area contributed by atoms with Gasteiger partial charge in [0, 0.05) is 39.1 Å². The predicted octanol–water partition coefficient (Wildman–Crippen LogP) is 0.623. The van der Waals surface area contributed by atoms with Crippen LogP contribution < -0.4 is 11.2 Å². The summed E-state index contributed by atoms with van der Waals surface area (Å²) in [7, 11) is 3.13. The highest BCUT2D eigenvalue weighted by Crippen LogP contribution is 2.31. The lowest BCUT2D eigenvalue weighted by Crippen LogP contribution is -2.38. The molecule has 0 aromatic carbocycles. The van der Waals surface area contributed by atoms with E-state index in [4.69, 9.17) is 0 Å². The molecule has 4 rings (SSSR count). The second kappa shape index (κ2) is 5.96. The fraction of sp³-hybridized carbons (Fsp3) is 0.412. The Labute approximate surface area is 144 Å². The van der Waals surface area contributed by atoms with Crippen LogP contribution >= 0.6 is 0 Å². The van der Waals surface area contributed by atoms with Gasteiger partial charge in [-0.15, -0.1) is 0 Å². The van der Waals surface area contributed by atoms with E-state index in [-0.39, 0.29) is 17.3 Å². The molecule has 1 fully saturated rings. The molecule has 0 aliphatic carbocycles. The Morgan fingerprint density at radius 3 is 2.84 bits per heavy atom. The summed E-state index contributed by atoms with van der Waals surface area (Å²) >= 11 is 0. The molecule has 8 nitrogen and oxygen atoms in total. The van der Waals surface area contributed by atoms with Crippen LogP contribution in [0.4, 0.5) is 0 Å². The molecule has 130 valence electrons. The minimum atomic E-state index is -0.364. The van der Waals surface area contributed by atoms with Gasteiger partial charge in [0.15, 0.2) is 11.2 Å². The Balaban J connectivity index is 1.74. The molecule has 1 unspecified atom stereocenters. The molecule has 3 aromatic heterocycles. The minimum absolute atomic E-state index is 0.280. The molecule has 0 spiro atoms. The van der Waals surface area contributed by atoms with Crippen LogP contribution in [-0.2, 0) is 20.8 Å². The molecule has 0 N–H and O–H groups in total. The highest BCUT2D eigenvalue weighted by Gasteiger charge is 2.27. The Bertz CT molecular complexity index is 1030. The van der Waals surface area contributed by atoms with Gasteiger partial charge in [0.1, 0.15) is 0 Å². The highest BCUT2D eigenvalue weighted by atomic mass is 16.2. The molecule has 0 saturated carbocycles. The number of aryl methyl sites for hydroxylation is 1. The van der Waals surface area contributed by atoms with Crippen molar-refractivity contribution in [1.29, 1.82) is 0 Å². The number of hydrogen-bond acceptors (Lipinski definition) is 5. The second-order valence-electron chi connectivity index (χ2n) is 6.49. The van der Waals surface area contributed by atoms with Gasteiger partial charge in [-0.2, -0.15) is 0 Å². The summed E-state index contributed by atoms with van der Waals surface area (Å²) in [6.45, 7) is 1.51. The lowest BCUT2D eigenvalue weighted by atomic mass is 10.1. The van der Waals surface area contributed by atoms with Crippen LogP contribution in [0.5, 0.6) is 0 Å². The Hall–Kier alpha value is -2.74. The maximum absolute atomic E-state index is 12.6. The summed E-state index contributed by atoms with van der Waals surface area (Å²) in [6.07, 6.45) is 7.48. The summed E-state index contributed by atoms with van der Waals surface area (Å²) < 4.78 is 4.38. The van der Waals surface area contributed by atoms with E-state index < -0.39 is 0 Å². The molecule has 0 amide bonds. The zero-order chi connectivity index (χ0) is 17.6. The number of pyridine rings is 1. The van der Waals surface area contributed by atoms with Gasteiger partial charge in [-0.05, 0) is 24.5 Å². The first kappa shape index (κ1) is 15.8. The Morgan fingerprint density at radius 2 is 2.08 bits per heavy atom. The van der Waals surface area contributed by atoms with Crippen LogP contribution in [0.3, 0.4) is 0 Å². The molecule has 0 radical (unpaired) electrons. The average Bonchev–Trinajstić information content (AvgIpc) is 3.26. The molecule has 25 heavy (non-hydrogen) atoms. The van der Waals surface area contributed by atoms with Gasteiger partial charge >= 0.3 is 5.69 Å². The molecule has 4 heterocycles. The third-order valence-corrected chi connectivity index (χ3v) is 4.98. The predicted molar refractivity (Wildman–Crippen MR) is 93.1 cm³/mol. The molecular weight excluding hydrogens is 320 g/mol. The fourth-order valence-electron chi connectivity index (χ4n) is 3.65. The van der Waals surface area contributed by atoms with E-state index in [9.17, 15) is 9.59 Å².